The largest absolute Gasteiger partial charge is 0.493 e. The molecule has 1 N–H and O–H groups in total. The molecule has 0 bridgehead atoms. The Balaban J connectivity index is 2.70. The van der Waals surface area contributed by atoms with E-state index in [0.717, 1.165) is 20.1 Å². The quantitative estimate of drug-likeness (QED) is 0.844. The fraction of sp³-hybridized carbons (Fsp3) is 0.533. The van der Waals surface area contributed by atoms with E-state index in [0.29, 0.717) is 6.92 Å². The highest BCUT2D eigenvalue weighted by atomic mass is 19.4. The van der Waals surface area contributed by atoms with Crippen molar-refractivity contribution in [2.45, 2.75) is 37.6 Å². The lowest BCUT2D eigenvalue weighted by Crippen LogP contribution is -2.47. The van der Waals surface area contributed by atoms with E-state index >= 15 is 0 Å². The third-order valence-electron chi connectivity index (χ3n) is 4.48. The summed E-state index contributed by atoms with van der Waals surface area (Å²) in [5.74, 6) is -8.51. The first-order valence-electron chi connectivity index (χ1n) is 7.36. The van der Waals surface area contributed by atoms with Gasteiger partial charge < -0.3 is 14.6 Å². The molecule has 0 radical (unpaired) electrons. The molecular weight excluding hydrogens is 339 g/mol. The van der Waals surface area contributed by atoms with Gasteiger partial charge in [-0.25, -0.2) is 9.18 Å². The molecule has 0 spiro atoms. The van der Waals surface area contributed by atoms with Crippen LogP contribution in [0.1, 0.15) is 26.7 Å². The van der Waals surface area contributed by atoms with Gasteiger partial charge in [0.25, 0.3) is 0 Å². The van der Waals surface area contributed by atoms with Crippen LogP contribution in [0.25, 0.3) is 0 Å². The summed E-state index contributed by atoms with van der Waals surface area (Å²) in [6, 6.07) is -0.162. The predicted octanol–water partition coefficient (Wildman–Crippen LogP) is 3.50. The first kappa shape index (κ1) is 16.9. The van der Waals surface area contributed by atoms with Crippen molar-refractivity contribution in [3.05, 3.63) is 29.3 Å². The van der Waals surface area contributed by atoms with Gasteiger partial charge in [0, 0.05) is 17.4 Å². The smallest absolute Gasteiger partial charge is 0.417 e. The fourth-order valence-electron chi connectivity index (χ4n) is 2.96. The lowest BCUT2D eigenvalue weighted by Gasteiger charge is -2.31. The number of benzene rings is 1. The van der Waals surface area contributed by atoms with Gasteiger partial charge in [-0.3, -0.25) is 0 Å². The number of carbonyl (C=O) groups is 1. The number of alkyl halides is 3. The van der Waals surface area contributed by atoms with Crippen LogP contribution in [0.2, 0.25) is 0 Å². The van der Waals surface area contributed by atoms with Crippen molar-refractivity contribution < 1.29 is 42.7 Å². The van der Waals surface area contributed by atoms with Gasteiger partial charge in [-0.1, -0.05) is 13.0 Å². The molecule has 0 saturated carbocycles. The standard InChI is InChI=1S/C15H15F5O4/c1-6-9(7-4-5-8(16)10(17)11(7)23-3)12(13(21)22)24-14(6,2)15(18,19)20/h4-6,9,12H,1-3H3,(H,21,22)/t6-,9-,12+,14+/m0/s1/i5D. The number of carboxylic acids is 1. The normalized spacial score (nSPS) is 31.0. The van der Waals surface area contributed by atoms with Crippen LogP contribution in [0.4, 0.5) is 22.0 Å². The molecule has 9 heteroatoms. The second-order valence-corrected chi connectivity index (χ2v) is 5.70. The lowest BCUT2D eigenvalue weighted by molar-refractivity contribution is -0.273. The van der Waals surface area contributed by atoms with Crippen LogP contribution in [0, 0.1) is 17.6 Å². The highest BCUT2D eigenvalue weighted by Gasteiger charge is 2.66. The molecule has 4 atom stereocenters. The molecule has 1 aliphatic rings. The summed E-state index contributed by atoms with van der Waals surface area (Å²) >= 11 is 0. The summed E-state index contributed by atoms with van der Waals surface area (Å²) in [7, 11) is 0.962. The van der Waals surface area contributed by atoms with Crippen molar-refractivity contribution in [3.63, 3.8) is 0 Å². The molecule has 0 amide bonds. The molecule has 2 rings (SSSR count). The van der Waals surface area contributed by atoms with Crippen molar-refractivity contribution in [1.82, 2.24) is 0 Å². The second-order valence-electron chi connectivity index (χ2n) is 5.70. The Morgan fingerprint density at radius 2 is 2.04 bits per heavy atom. The van der Waals surface area contributed by atoms with Gasteiger partial charge in [-0.15, -0.1) is 0 Å². The van der Waals surface area contributed by atoms with Gasteiger partial charge in [0.05, 0.1) is 8.48 Å². The minimum atomic E-state index is -4.90. The molecule has 1 fully saturated rings. The van der Waals surface area contributed by atoms with E-state index in [1.54, 1.807) is 0 Å². The summed E-state index contributed by atoms with van der Waals surface area (Å²) in [5, 5.41) is 9.27. The average Bonchev–Trinajstić information content (AvgIpc) is 2.78. The van der Waals surface area contributed by atoms with E-state index in [9.17, 15) is 31.9 Å². The van der Waals surface area contributed by atoms with E-state index < -0.39 is 59.1 Å². The van der Waals surface area contributed by atoms with Crippen LogP contribution in [-0.2, 0) is 9.53 Å². The number of halogens is 5. The van der Waals surface area contributed by atoms with E-state index in [2.05, 4.69) is 0 Å². The zero-order valence-electron chi connectivity index (χ0n) is 13.9. The Bertz CT molecular complexity index is 708. The molecule has 0 aliphatic carbocycles. The molecule has 1 aromatic rings. The monoisotopic (exact) mass is 355 g/mol. The summed E-state index contributed by atoms with van der Waals surface area (Å²) in [6.07, 6.45) is -6.87. The lowest BCUT2D eigenvalue weighted by atomic mass is 9.77. The Kier molecular flexibility index (Phi) is 4.15. The molecule has 1 aliphatic heterocycles. The van der Waals surface area contributed by atoms with Crippen LogP contribution >= 0.6 is 0 Å². The zero-order valence-corrected chi connectivity index (χ0v) is 12.9. The molecule has 1 saturated heterocycles. The first-order chi connectivity index (χ1) is 11.4. The fourth-order valence-corrected chi connectivity index (χ4v) is 2.96. The Morgan fingerprint density at radius 1 is 1.46 bits per heavy atom. The topological polar surface area (TPSA) is 55.8 Å². The van der Waals surface area contributed by atoms with Gasteiger partial charge in [0.15, 0.2) is 23.3 Å². The van der Waals surface area contributed by atoms with Crippen LogP contribution in [0.3, 0.4) is 0 Å². The maximum atomic E-state index is 14.0. The third kappa shape index (κ3) is 2.60. The zero-order chi connectivity index (χ0) is 19.3. The molecule has 1 heterocycles. The molecule has 0 aromatic heterocycles. The summed E-state index contributed by atoms with van der Waals surface area (Å²) in [5.41, 5.74) is -3.18. The Hall–Kier alpha value is -1.90. The van der Waals surface area contributed by atoms with Gasteiger partial charge in [-0.2, -0.15) is 17.6 Å². The number of hydrogen-bond donors (Lipinski definition) is 1. The molecule has 4 nitrogen and oxygen atoms in total. The van der Waals surface area contributed by atoms with Crippen molar-refractivity contribution in [2.24, 2.45) is 5.92 Å². The molecule has 134 valence electrons. The predicted molar refractivity (Wildman–Crippen MR) is 71.8 cm³/mol. The summed E-state index contributed by atoms with van der Waals surface area (Å²) in [6.45, 7) is 1.80. The number of ether oxygens (including phenoxy) is 2. The van der Waals surface area contributed by atoms with Gasteiger partial charge in [0.1, 0.15) is 0 Å². The number of methoxy groups -OCH3 is 1. The van der Waals surface area contributed by atoms with Crippen LogP contribution < -0.4 is 4.74 Å². The SMILES string of the molecule is [2H]c1cc([C@H]2[C@H](C(=O)O)O[C@@](C)(C(F)(F)F)[C@H]2C)c(OC)c(F)c1F. The number of aliphatic carboxylic acids is 1. The molecule has 0 unspecified atom stereocenters. The minimum Gasteiger partial charge on any atom is -0.493 e. The molecule has 1 aromatic carbocycles. The van der Waals surface area contributed by atoms with Crippen molar-refractivity contribution in [3.8, 4) is 5.75 Å². The van der Waals surface area contributed by atoms with Gasteiger partial charge in [0.2, 0.25) is 5.82 Å². The molecule has 24 heavy (non-hydrogen) atoms. The summed E-state index contributed by atoms with van der Waals surface area (Å²) in [4.78, 5) is 11.4. The average molecular weight is 355 g/mol. The maximum absolute atomic E-state index is 14.0. The Labute approximate surface area is 135 Å². The van der Waals surface area contributed by atoms with Crippen molar-refractivity contribution >= 4 is 5.97 Å². The highest BCUT2D eigenvalue weighted by molar-refractivity contribution is 5.75. The van der Waals surface area contributed by atoms with Crippen molar-refractivity contribution in [1.29, 1.82) is 0 Å². The maximum Gasteiger partial charge on any atom is 0.417 e. The number of carboxylic acid groups (broad SMARTS) is 1. The Morgan fingerprint density at radius 3 is 2.50 bits per heavy atom. The summed E-state index contributed by atoms with van der Waals surface area (Å²) < 4.78 is 84.8. The second kappa shape index (κ2) is 5.87. The van der Waals surface area contributed by atoms with E-state index in [1.165, 1.54) is 0 Å². The third-order valence-corrected chi connectivity index (χ3v) is 4.48. The van der Waals surface area contributed by atoms with Crippen molar-refractivity contribution in [2.75, 3.05) is 7.11 Å². The van der Waals surface area contributed by atoms with Crippen LogP contribution in [0.15, 0.2) is 12.1 Å². The van der Waals surface area contributed by atoms with Gasteiger partial charge in [-0.05, 0) is 13.0 Å². The first-order valence-corrected chi connectivity index (χ1v) is 6.86. The highest BCUT2D eigenvalue weighted by Crippen LogP contribution is 2.54. The van der Waals surface area contributed by atoms with E-state index in [1.807, 2.05) is 0 Å². The van der Waals surface area contributed by atoms with E-state index in [-0.39, 0.29) is 5.56 Å². The minimum absolute atomic E-state index is 0.362. The van der Waals surface area contributed by atoms with E-state index in [4.69, 9.17) is 10.8 Å². The molecular formula is C15H15F5O4. The van der Waals surface area contributed by atoms with Crippen LogP contribution in [-0.4, -0.2) is 36.1 Å². The van der Waals surface area contributed by atoms with Gasteiger partial charge >= 0.3 is 12.1 Å². The number of hydrogen-bond acceptors (Lipinski definition) is 3. The number of rotatable bonds is 3. The van der Waals surface area contributed by atoms with Crippen LogP contribution in [0.5, 0.6) is 5.75 Å².